The maximum absolute atomic E-state index is 12.4. The Morgan fingerprint density at radius 1 is 1.00 bits per heavy atom. The summed E-state index contributed by atoms with van der Waals surface area (Å²) in [6, 6.07) is 16.7. The van der Waals surface area contributed by atoms with Gasteiger partial charge in [-0.2, -0.15) is 5.10 Å². The molecule has 0 aliphatic rings. The number of aromatic nitrogens is 4. The van der Waals surface area contributed by atoms with Gasteiger partial charge in [0, 0.05) is 18.3 Å². The summed E-state index contributed by atoms with van der Waals surface area (Å²) in [6.07, 6.45) is 0.0579. The second-order valence-corrected chi connectivity index (χ2v) is 7.14. The lowest BCUT2D eigenvalue weighted by atomic mass is 10.2. The molecule has 0 aliphatic heterocycles. The number of hydrogen-bond donors (Lipinski definition) is 2. The van der Waals surface area contributed by atoms with Gasteiger partial charge in [0.25, 0.3) is 5.91 Å². The average molecular weight is 402 g/mol. The lowest BCUT2D eigenvalue weighted by molar-refractivity contribution is -0.121. The van der Waals surface area contributed by atoms with Crippen molar-refractivity contribution in [1.29, 1.82) is 0 Å². The fourth-order valence-corrected chi connectivity index (χ4v) is 3.38. The molecule has 0 radical (unpaired) electrons. The van der Waals surface area contributed by atoms with Crippen molar-refractivity contribution in [2.24, 2.45) is 7.05 Å². The molecule has 2 N–H and O–H groups in total. The Hall–Kier alpha value is -3.94. The van der Waals surface area contributed by atoms with E-state index in [0.29, 0.717) is 11.4 Å². The minimum absolute atomic E-state index is 0.0579. The van der Waals surface area contributed by atoms with Crippen molar-refractivity contribution >= 4 is 22.8 Å². The first-order chi connectivity index (χ1) is 14.4. The molecular formula is C22H22N6O2. The van der Waals surface area contributed by atoms with Crippen LogP contribution in [0.1, 0.15) is 27.6 Å². The molecule has 2 aromatic carbocycles. The molecule has 0 fully saturated rings. The monoisotopic (exact) mass is 402 g/mol. The Morgan fingerprint density at radius 2 is 1.73 bits per heavy atom. The van der Waals surface area contributed by atoms with Gasteiger partial charge in [0.2, 0.25) is 5.91 Å². The minimum Gasteiger partial charge on any atom is -0.331 e. The highest BCUT2D eigenvalue weighted by Gasteiger charge is 2.13. The molecule has 30 heavy (non-hydrogen) atoms. The van der Waals surface area contributed by atoms with E-state index < -0.39 is 5.91 Å². The summed E-state index contributed by atoms with van der Waals surface area (Å²) in [7, 11) is 1.86. The molecule has 0 saturated heterocycles. The smallest absolute Gasteiger partial charge is 0.269 e. The molecular weight excluding hydrogens is 380 g/mol. The number of amides is 2. The molecule has 4 rings (SSSR count). The van der Waals surface area contributed by atoms with Gasteiger partial charge in [-0.15, -0.1) is 0 Å². The third-order valence-corrected chi connectivity index (χ3v) is 4.90. The zero-order valence-electron chi connectivity index (χ0n) is 17.0. The van der Waals surface area contributed by atoms with E-state index >= 15 is 0 Å². The van der Waals surface area contributed by atoms with Crippen LogP contribution in [0.5, 0.6) is 0 Å². The summed E-state index contributed by atoms with van der Waals surface area (Å²) in [6.45, 7) is 3.91. The highest BCUT2D eigenvalue weighted by molar-refractivity contribution is 5.95. The van der Waals surface area contributed by atoms with Crippen LogP contribution >= 0.6 is 0 Å². The molecule has 2 amide bonds. The van der Waals surface area contributed by atoms with Crippen LogP contribution < -0.4 is 10.9 Å². The van der Waals surface area contributed by atoms with Crippen LogP contribution in [0.4, 0.5) is 0 Å². The number of carbonyl (C=O) groups is 2. The molecule has 0 spiro atoms. The third-order valence-electron chi connectivity index (χ3n) is 4.90. The Balaban J connectivity index is 1.37. The number of para-hydroxylation sites is 2. The number of nitrogens with one attached hydrogen (secondary N) is 2. The normalized spacial score (nSPS) is 10.9. The van der Waals surface area contributed by atoms with Crippen LogP contribution in [0.2, 0.25) is 0 Å². The summed E-state index contributed by atoms with van der Waals surface area (Å²) in [5.41, 5.74) is 9.92. The SMILES string of the molecule is Cc1cc(C)n(-c2ccc(C(=O)NNC(=O)Cc3nc4ccccc4n3C)cc2)n1. The van der Waals surface area contributed by atoms with Crippen molar-refractivity contribution in [3.63, 3.8) is 0 Å². The minimum atomic E-state index is -0.395. The van der Waals surface area contributed by atoms with Gasteiger partial charge in [-0.1, -0.05) is 12.1 Å². The highest BCUT2D eigenvalue weighted by Crippen LogP contribution is 2.15. The average Bonchev–Trinajstić information content (AvgIpc) is 3.25. The van der Waals surface area contributed by atoms with E-state index in [1.165, 1.54) is 0 Å². The molecule has 0 atom stereocenters. The zero-order chi connectivity index (χ0) is 21.3. The van der Waals surface area contributed by atoms with Crippen LogP contribution in [0.3, 0.4) is 0 Å². The van der Waals surface area contributed by atoms with Gasteiger partial charge in [0.15, 0.2) is 0 Å². The predicted molar refractivity (Wildman–Crippen MR) is 113 cm³/mol. The number of rotatable bonds is 4. The number of benzene rings is 2. The van der Waals surface area contributed by atoms with E-state index in [4.69, 9.17) is 0 Å². The van der Waals surface area contributed by atoms with E-state index in [-0.39, 0.29) is 12.3 Å². The second kappa shape index (κ2) is 7.82. The van der Waals surface area contributed by atoms with Gasteiger partial charge in [0.1, 0.15) is 5.82 Å². The van der Waals surface area contributed by atoms with Gasteiger partial charge in [-0.05, 0) is 56.3 Å². The molecule has 2 heterocycles. The molecule has 2 aromatic heterocycles. The molecule has 0 saturated carbocycles. The van der Waals surface area contributed by atoms with Gasteiger partial charge in [-0.25, -0.2) is 9.67 Å². The summed E-state index contributed by atoms with van der Waals surface area (Å²) in [4.78, 5) is 29.1. The quantitative estimate of drug-likeness (QED) is 0.513. The van der Waals surface area contributed by atoms with E-state index in [1.54, 1.807) is 12.1 Å². The summed E-state index contributed by atoms with van der Waals surface area (Å²) in [5, 5.41) is 4.43. The maximum Gasteiger partial charge on any atom is 0.269 e. The number of fused-ring (bicyclic) bond motifs is 1. The topological polar surface area (TPSA) is 93.8 Å². The fraction of sp³-hybridized carbons (Fsp3) is 0.182. The number of hydrazine groups is 1. The fourth-order valence-electron chi connectivity index (χ4n) is 3.38. The van der Waals surface area contributed by atoms with Crippen LogP contribution in [-0.2, 0) is 18.3 Å². The zero-order valence-corrected chi connectivity index (χ0v) is 17.0. The van der Waals surface area contributed by atoms with Gasteiger partial charge < -0.3 is 4.57 Å². The maximum atomic E-state index is 12.4. The van der Waals surface area contributed by atoms with Crippen molar-refractivity contribution in [2.45, 2.75) is 20.3 Å². The highest BCUT2D eigenvalue weighted by atomic mass is 16.2. The number of aryl methyl sites for hydroxylation is 3. The van der Waals surface area contributed by atoms with Gasteiger partial charge in [0.05, 0.1) is 28.8 Å². The van der Waals surface area contributed by atoms with Crippen molar-refractivity contribution in [2.75, 3.05) is 0 Å². The molecule has 8 nitrogen and oxygen atoms in total. The molecule has 152 valence electrons. The van der Waals surface area contributed by atoms with Crippen molar-refractivity contribution in [1.82, 2.24) is 30.2 Å². The first kappa shape index (κ1) is 19.4. The largest absolute Gasteiger partial charge is 0.331 e. The number of hydrogen-bond acceptors (Lipinski definition) is 4. The first-order valence-electron chi connectivity index (χ1n) is 9.55. The summed E-state index contributed by atoms with van der Waals surface area (Å²) >= 11 is 0. The Bertz CT molecular complexity index is 1240. The Kier molecular flexibility index (Phi) is 5.05. The van der Waals surface area contributed by atoms with E-state index in [9.17, 15) is 9.59 Å². The Morgan fingerprint density at radius 3 is 2.40 bits per heavy atom. The number of imidazole rings is 1. The molecule has 4 aromatic rings. The standard InChI is InChI=1S/C22H22N6O2/c1-14-12-15(2)28(26-14)17-10-8-16(9-11-17)22(30)25-24-21(29)13-20-23-18-6-4-5-7-19(18)27(20)3/h4-12H,13H2,1-3H3,(H,24,29)(H,25,30). The third kappa shape index (κ3) is 3.80. The van der Waals surface area contributed by atoms with Crippen LogP contribution in [0.25, 0.3) is 16.7 Å². The first-order valence-corrected chi connectivity index (χ1v) is 9.55. The lowest BCUT2D eigenvalue weighted by Gasteiger charge is -2.09. The van der Waals surface area contributed by atoms with Crippen LogP contribution in [0, 0.1) is 13.8 Å². The lowest BCUT2D eigenvalue weighted by Crippen LogP contribution is -2.42. The van der Waals surface area contributed by atoms with Crippen LogP contribution in [0.15, 0.2) is 54.6 Å². The van der Waals surface area contributed by atoms with E-state index in [0.717, 1.165) is 28.1 Å². The predicted octanol–water partition coefficient (Wildman–Crippen LogP) is 2.38. The van der Waals surface area contributed by atoms with Crippen molar-refractivity contribution in [3.8, 4) is 5.69 Å². The Labute approximate surface area is 173 Å². The summed E-state index contributed by atoms with van der Waals surface area (Å²) < 4.78 is 3.68. The van der Waals surface area contributed by atoms with Gasteiger partial charge in [-0.3, -0.25) is 20.4 Å². The van der Waals surface area contributed by atoms with Crippen molar-refractivity contribution in [3.05, 3.63) is 77.4 Å². The number of nitrogens with zero attached hydrogens (tertiary/aromatic N) is 4. The van der Waals surface area contributed by atoms with E-state index in [1.807, 2.05) is 72.6 Å². The molecule has 0 aliphatic carbocycles. The molecule has 8 heteroatoms. The van der Waals surface area contributed by atoms with Gasteiger partial charge >= 0.3 is 0 Å². The van der Waals surface area contributed by atoms with Crippen molar-refractivity contribution < 1.29 is 9.59 Å². The second-order valence-electron chi connectivity index (χ2n) is 7.14. The molecule has 0 unspecified atom stereocenters. The van der Waals surface area contributed by atoms with E-state index in [2.05, 4.69) is 20.9 Å². The number of carbonyl (C=O) groups excluding carboxylic acids is 2. The summed E-state index contributed by atoms with van der Waals surface area (Å²) in [5.74, 6) is -0.119. The van der Waals surface area contributed by atoms with Crippen LogP contribution in [-0.4, -0.2) is 31.1 Å². The molecule has 0 bridgehead atoms.